The van der Waals surface area contributed by atoms with E-state index in [1.54, 1.807) is 12.1 Å². The highest BCUT2D eigenvalue weighted by Crippen LogP contribution is 2.28. The van der Waals surface area contributed by atoms with E-state index in [0.717, 1.165) is 4.57 Å². The summed E-state index contributed by atoms with van der Waals surface area (Å²) in [6.45, 7) is -0.517. The van der Waals surface area contributed by atoms with Crippen molar-refractivity contribution in [1.29, 1.82) is 0 Å². The van der Waals surface area contributed by atoms with Gasteiger partial charge in [-0.25, -0.2) is 9.59 Å². The van der Waals surface area contributed by atoms with E-state index in [1.165, 1.54) is 31.5 Å². The van der Waals surface area contributed by atoms with E-state index in [4.69, 9.17) is 19.4 Å². The Kier molecular flexibility index (Phi) is 5.90. The van der Waals surface area contributed by atoms with Gasteiger partial charge in [-0.1, -0.05) is 6.07 Å². The van der Waals surface area contributed by atoms with Gasteiger partial charge in [0.05, 0.1) is 19.3 Å². The number of nitrogens with one attached hydrogen (secondary N) is 1. The maximum absolute atomic E-state index is 12.2. The van der Waals surface area contributed by atoms with E-state index in [-0.39, 0.29) is 11.4 Å². The molecule has 1 saturated heterocycles. The Morgan fingerprint density at radius 2 is 2.11 bits per heavy atom. The molecule has 1 fully saturated rings. The van der Waals surface area contributed by atoms with Gasteiger partial charge in [-0.15, -0.1) is 0 Å². The number of methoxy groups -OCH3 is 1. The van der Waals surface area contributed by atoms with Crippen molar-refractivity contribution in [2.24, 2.45) is 0 Å². The van der Waals surface area contributed by atoms with Crippen LogP contribution in [0.25, 0.3) is 0 Å². The summed E-state index contributed by atoms with van der Waals surface area (Å²) in [4.78, 5) is 32.8. The van der Waals surface area contributed by atoms with Crippen LogP contribution in [-0.4, -0.2) is 62.9 Å². The standard InChI is InChI=1S/C17H19N3O8/c1-26-10-4-2-3-9(7-10)16(24)28-19-12-5-6-20(17(25)18-12)15-14(23)13(22)11(8-21)27-15/h2-7,11,13-15,21-23H,8H2,1H3,(H,18,19,25)/t11-,13-,14-,15-/m1/s1. The van der Waals surface area contributed by atoms with Crippen LogP contribution in [-0.2, 0) is 9.57 Å². The predicted molar refractivity (Wildman–Crippen MR) is 93.5 cm³/mol. The second kappa shape index (κ2) is 8.35. The Bertz CT molecular complexity index is 902. The number of aromatic nitrogens is 2. The highest BCUT2D eigenvalue weighted by atomic mass is 16.7. The summed E-state index contributed by atoms with van der Waals surface area (Å²) in [6.07, 6.45) is -3.74. The second-order valence-electron chi connectivity index (χ2n) is 5.96. The normalized spacial score (nSPS) is 24.0. The van der Waals surface area contributed by atoms with Crippen LogP contribution in [0.5, 0.6) is 5.75 Å². The number of carbonyl (C=O) groups is 1. The van der Waals surface area contributed by atoms with Gasteiger partial charge in [-0.3, -0.25) is 4.57 Å². The van der Waals surface area contributed by atoms with Gasteiger partial charge in [0.1, 0.15) is 24.1 Å². The third kappa shape index (κ3) is 3.97. The van der Waals surface area contributed by atoms with Gasteiger partial charge >= 0.3 is 11.7 Å². The van der Waals surface area contributed by atoms with Crippen molar-refractivity contribution in [1.82, 2.24) is 9.55 Å². The van der Waals surface area contributed by atoms with Crippen LogP contribution in [0.15, 0.2) is 41.3 Å². The molecule has 28 heavy (non-hydrogen) atoms. The molecule has 0 aliphatic carbocycles. The van der Waals surface area contributed by atoms with Crippen molar-refractivity contribution in [3.05, 3.63) is 52.6 Å². The number of aliphatic hydroxyl groups excluding tert-OH is 3. The van der Waals surface area contributed by atoms with Crippen molar-refractivity contribution in [2.75, 3.05) is 19.2 Å². The zero-order chi connectivity index (χ0) is 20.3. The monoisotopic (exact) mass is 393 g/mol. The molecule has 4 N–H and O–H groups in total. The Hall–Kier alpha value is -2.99. The van der Waals surface area contributed by atoms with Crippen LogP contribution in [0.3, 0.4) is 0 Å². The first-order chi connectivity index (χ1) is 13.4. The van der Waals surface area contributed by atoms with Crippen LogP contribution in [0.2, 0.25) is 0 Å². The molecule has 0 saturated carbocycles. The zero-order valence-electron chi connectivity index (χ0n) is 14.8. The lowest BCUT2D eigenvalue weighted by Crippen LogP contribution is -2.36. The number of benzene rings is 1. The highest BCUT2D eigenvalue weighted by molar-refractivity contribution is 5.90. The zero-order valence-corrected chi connectivity index (χ0v) is 14.8. The van der Waals surface area contributed by atoms with Gasteiger partial charge in [0.25, 0.3) is 0 Å². The minimum Gasteiger partial charge on any atom is -0.497 e. The van der Waals surface area contributed by atoms with E-state index in [2.05, 4.69) is 10.5 Å². The van der Waals surface area contributed by atoms with Crippen LogP contribution < -0.4 is 15.9 Å². The molecule has 0 radical (unpaired) electrons. The molecule has 0 unspecified atom stereocenters. The third-order valence-corrected chi connectivity index (χ3v) is 4.18. The molecule has 2 heterocycles. The van der Waals surface area contributed by atoms with Gasteiger partial charge in [-0.05, 0) is 18.2 Å². The Balaban J connectivity index is 1.68. The molecule has 11 nitrogen and oxygen atoms in total. The largest absolute Gasteiger partial charge is 0.497 e. The molecule has 1 aliphatic rings. The van der Waals surface area contributed by atoms with Crippen molar-refractivity contribution < 1.29 is 34.4 Å². The summed E-state index contributed by atoms with van der Waals surface area (Å²) >= 11 is 0. The maximum Gasteiger partial charge on any atom is 0.363 e. The average molecular weight is 393 g/mol. The number of rotatable bonds is 6. The Morgan fingerprint density at radius 3 is 2.75 bits per heavy atom. The predicted octanol–water partition coefficient (Wildman–Crippen LogP) is -0.953. The minimum atomic E-state index is -1.42. The minimum absolute atomic E-state index is 0.0516. The molecular formula is C17H19N3O8. The second-order valence-corrected chi connectivity index (χ2v) is 5.96. The fourth-order valence-electron chi connectivity index (χ4n) is 2.68. The molecule has 4 atom stereocenters. The summed E-state index contributed by atoms with van der Waals surface area (Å²) in [5.41, 5.74) is 1.68. The SMILES string of the molecule is COc1cccc(C(=O)ONc2ccn([C@@H]3O[C@H](CO)[C@@H](O)[C@H]3O)c(=O)n2)c1. The molecule has 1 aromatic heterocycles. The van der Waals surface area contributed by atoms with Gasteiger partial charge in [0.2, 0.25) is 0 Å². The number of anilines is 1. The molecule has 1 aliphatic heterocycles. The fraction of sp³-hybridized carbons (Fsp3) is 0.353. The van der Waals surface area contributed by atoms with Crippen molar-refractivity contribution in [3.63, 3.8) is 0 Å². The first kappa shape index (κ1) is 19.8. The first-order valence-corrected chi connectivity index (χ1v) is 8.27. The fourth-order valence-corrected chi connectivity index (χ4v) is 2.68. The van der Waals surface area contributed by atoms with Gasteiger partial charge in [0.15, 0.2) is 12.0 Å². The Labute approximate surface area is 158 Å². The van der Waals surface area contributed by atoms with Crippen molar-refractivity contribution in [3.8, 4) is 5.75 Å². The topological polar surface area (TPSA) is 152 Å². The van der Waals surface area contributed by atoms with Gasteiger partial charge < -0.3 is 29.6 Å². The number of hydrogen-bond acceptors (Lipinski definition) is 10. The first-order valence-electron chi connectivity index (χ1n) is 8.27. The van der Waals surface area contributed by atoms with Crippen molar-refractivity contribution in [2.45, 2.75) is 24.5 Å². The smallest absolute Gasteiger partial charge is 0.363 e. The summed E-state index contributed by atoms with van der Waals surface area (Å²) in [7, 11) is 1.47. The Morgan fingerprint density at radius 1 is 1.32 bits per heavy atom. The molecule has 150 valence electrons. The summed E-state index contributed by atoms with van der Waals surface area (Å²) in [5, 5.41) is 28.9. The number of nitrogens with zero attached hydrogens (tertiary/aromatic N) is 2. The third-order valence-electron chi connectivity index (χ3n) is 4.18. The molecule has 0 spiro atoms. The lowest BCUT2D eigenvalue weighted by molar-refractivity contribution is -0.0549. The van der Waals surface area contributed by atoms with Crippen LogP contribution in [0, 0.1) is 0 Å². The van der Waals surface area contributed by atoms with Crippen molar-refractivity contribution >= 4 is 11.8 Å². The molecule has 2 aromatic rings. The van der Waals surface area contributed by atoms with E-state index in [0.29, 0.717) is 5.75 Å². The number of hydrogen-bond donors (Lipinski definition) is 4. The summed E-state index contributed by atoms with van der Waals surface area (Å²) < 4.78 is 11.3. The van der Waals surface area contributed by atoms with Gasteiger partial charge in [0, 0.05) is 12.3 Å². The lowest BCUT2D eigenvalue weighted by Gasteiger charge is -2.17. The van der Waals surface area contributed by atoms with E-state index in [1.807, 2.05) is 0 Å². The van der Waals surface area contributed by atoms with E-state index >= 15 is 0 Å². The van der Waals surface area contributed by atoms with E-state index < -0.39 is 42.8 Å². The van der Waals surface area contributed by atoms with Crippen LogP contribution in [0.1, 0.15) is 16.6 Å². The quantitative estimate of drug-likeness (QED) is 0.452. The lowest BCUT2D eigenvalue weighted by atomic mass is 10.1. The molecule has 0 bridgehead atoms. The molecule has 3 rings (SSSR count). The van der Waals surface area contributed by atoms with Crippen LogP contribution >= 0.6 is 0 Å². The maximum atomic E-state index is 12.2. The molecule has 0 amide bonds. The number of aliphatic hydroxyl groups is 3. The van der Waals surface area contributed by atoms with E-state index in [9.17, 15) is 19.8 Å². The molecular weight excluding hydrogens is 374 g/mol. The summed E-state index contributed by atoms with van der Waals surface area (Å²) in [6, 6.07) is 7.62. The van der Waals surface area contributed by atoms with Crippen LogP contribution in [0.4, 0.5) is 5.82 Å². The van der Waals surface area contributed by atoms with Gasteiger partial charge in [-0.2, -0.15) is 10.5 Å². The summed E-state index contributed by atoms with van der Waals surface area (Å²) in [5.74, 6) is -0.286. The highest BCUT2D eigenvalue weighted by Gasteiger charge is 2.43. The number of carbonyl (C=O) groups excluding carboxylic acids is 1. The number of ether oxygens (including phenoxy) is 2. The molecule has 1 aromatic carbocycles. The average Bonchev–Trinajstić information content (AvgIpc) is 3.00. The molecule has 11 heteroatoms.